The number of phenols is 3. The standard InChI is InChI=1S/C37H44O18/c1-18-30(49-19(2)39)32(50-20(3)40)35(52-22(5)42)37(48-18)55-33-31(54-29(46)13-9-23-6-10-25(43)11-7-23)28(17-38)53-36(34(33)51-21(4)41)47-15-14-24-8-12-26(44)27(45)16-24/h6-13,16,18,28,30-38,43-45H,14-15,17H2,1-5H3/b13-9-/t18-,28+,30-,31+,32+,33-,34+,35+,36+,37-/m0/s1. The predicted molar refractivity (Wildman–Crippen MR) is 184 cm³/mol. The van der Waals surface area contributed by atoms with Gasteiger partial charge in [0.25, 0.3) is 0 Å². The smallest absolute Gasteiger partial charge is 0.331 e. The van der Waals surface area contributed by atoms with Gasteiger partial charge in [-0.05, 0) is 54.8 Å². The molecule has 0 aromatic heterocycles. The predicted octanol–water partition coefficient (Wildman–Crippen LogP) is 1.56. The highest BCUT2D eigenvalue weighted by molar-refractivity contribution is 5.87. The summed E-state index contributed by atoms with van der Waals surface area (Å²) in [7, 11) is 0. The Balaban J connectivity index is 1.73. The lowest BCUT2D eigenvalue weighted by atomic mass is 9.96. The summed E-state index contributed by atoms with van der Waals surface area (Å²) < 4.78 is 52.1. The SMILES string of the molecule is CC(=O)O[C@@H]1[C@@H](OC(C)=O)[C@H](C)O[C@@H](O[C@@H]2[C@@H](OC(C)=O)[C@H](OCCc3ccc(O)c(O)c3)O[C@H](CO)[C@H]2OC(=O)/C=C\c2ccc(O)cc2)[C@@H]1OC(C)=O. The average molecular weight is 777 g/mol. The van der Waals surface area contributed by atoms with Crippen molar-refractivity contribution in [2.75, 3.05) is 13.2 Å². The summed E-state index contributed by atoms with van der Waals surface area (Å²) in [5.74, 6) is -5.00. The minimum atomic E-state index is -1.69. The van der Waals surface area contributed by atoms with E-state index in [1.807, 2.05) is 0 Å². The number of hydrogen-bond acceptors (Lipinski definition) is 18. The van der Waals surface area contributed by atoms with Crippen LogP contribution < -0.4 is 0 Å². The topological polar surface area (TPSA) is 249 Å². The third kappa shape index (κ3) is 11.9. The molecular weight excluding hydrogens is 732 g/mol. The van der Waals surface area contributed by atoms with Gasteiger partial charge in [-0.3, -0.25) is 19.2 Å². The van der Waals surface area contributed by atoms with E-state index in [4.69, 9.17) is 42.6 Å². The molecule has 0 bridgehead atoms. The van der Waals surface area contributed by atoms with Crippen LogP contribution in [0.1, 0.15) is 45.7 Å². The van der Waals surface area contributed by atoms with Gasteiger partial charge in [-0.25, -0.2) is 4.79 Å². The van der Waals surface area contributed by atoms with E-state index in [2.05, 4.69) is 0 Å². The summed E-state index contributed by atoms with van der Waals surface area (Å²) in [5.41, 5.74) is 1.06. The summed E-state index contributed by atoms with van der Waals surface area (Å²) in [5, 5.41) is 39.7. The van der Waals surface area contributed by atoms with Crippen molar-refractivity contribution in [3.8, 4) is 17.2 Å². The maximum absolute atomic E-state index is 13.3. The Bertz CT molecular complexity index is 1690. The van der Waals surface area contributed by atoms with Crippen LogP contribution in [0.5, 0.6) is 17.2 Å². The second-order valence-corrected chi connectivity index (χ2v) is 12.6. The molecule has 55 heavy (non-hydrogen) atoms. The fourth-order valence-corrected chi connectivity index (χ4v) is 5.95. The molecule has 2 fully saturated rings. The van der Waals surface area contributed by atoms with Crippen LogP contribution in [0.25, 0.3) is 6.08 Å². The molecule has 2 aromatic rings. The third-order valence-corrected chi connectivity index (χ3v) is 8.27. The van der Waals surface area contributed by atoms with Crippen molar-refractivity contribution < 1.29 is 87.0 Å². The number of carbonyl (C=O) groups excluding carboxylic acids is 5. The van der Waals surface area contributed by atoms with Gasteiger partial charge in [0.2, 0.25) is 0 Å². The number of aliphatic hydroxyl groups excluding tert-OH is 1. The molecule has 0 aliphatic carbocycles. The molecule has 18 nitrogen and oxygen atoms in total. The maximum atomic E-state index is 13.3. The first-order valence-corrected chi connectivity index (χ1v) is 17.1. The molecule has 2 aliphatic heterocycles. The average Bonchev–Trinajstić information content (AvgIpc) is 3.10. The Morgan fingerprint density at radius 2 is 1.25 bits per heavy atom. The number of benzene rings is 2. The zero-order chi connectivity index (χ0) is 40.4. The largest absolute Gasteiger partial charge is 0.508 e. The van der Waals surface area contributed by atoms with Gasteiger partial charge in [-0.1, -0.05) is 18.2 Å². The van der Waals surface area contributed by atoms with Crippen molar-refractivity contribution in [2.45, 2.75) is 102 Å². The van der Waals surface area contributed by atoms with Gasteiger partial charge >= 0.3 is 29.8 Å². The highest BCUT2D eigenvalue weighted by Gasteiger charge is 2.56. The molecule has 0 unspecified atom stereocenters. The van der Waals surface area contributed by atoms with Crippen molar-refractivity contribution >= 4 is 35.9 Å². The van der Waals surface area contributed by atoms with Crippen LogP contribution in [-0.4, -0.2) is 125 Å². The van der Waals surface area contributed by atoms with Crippen molar-refractivity contribution in [1.82, 2.24) is 0 Å². The molecule has 2 aliphatic rings. The summed E-state index contributed by atoms with van der Waals surface area (Å²) >= 11 is 0. The van der Waals surface area contributed by atoms with Gasteiger partial charge in [0.15, 0.2) is 54.6 Å². The number of ether oxygens (including phenoxy) is 9. The van der Waals surface area contributed by atoms with Crippen LogP contribution in [0.15, 0.2) is 48.5 Å². The third-order valence-electron chi connectivity index (χ3n) is 8.27. The second kappa shape index (κ2) is 19.4. The van der Waals surface area contributed by atoms with Crippen molar-refractivity contribution in [1.29, 1.82) is 0 Å². The number of rotatable bonds is 14. The first-order valence-electron chi connectivity index (χ1n) is 17.1. The van der Waals surface area contributed by atoms with E-state index in [-0.39, 0.29) is 30.3 Å². The Morgan fingerprint density at radius 3 is 1.84 bits per heavy atom. The summed E-state index contributed by atoms with van der Waals surface area (Å²) in [4.78, 5) is 62.6. The lowest BCUT2D eigenvalue weighted by Gasteiger charge is -2.48. The van der Waals surface area contributed by atoms with Crippen molar-refractivity contribution in [2.24, 2.45) is 0 Å². The van der Waals surface area contributed by atoms with Gasteiger partial charge in [0.05, 0.1) is 19.3 Å². The van der Waals surface area contributed by atoms with E-state index >= 15 is 0 Å². The van der Waals surface area contributed by atoms with Crippen LogP contribution in [0, 0.1) is 0 Å². The molecule has 2 aromatic carbocycles. The first-order chi connectivity index (χ1) is 26.1. The van der Waals surface area contributed by atoms with E-state index in [1.54, 1.807) is 0 Å². The maximum Gasteiger partial charge on any atom is 0.331 e. The second-order valence-electron chi connectivity index (χ2n) is 12.6. The molecule has 2 heterocycles. The quantitative estimate of drug-likeness (QED) is 0.0920. The van der Waals surface area contributed by atoms with Crippen LogP contribution >= 0.6 is 0 Å². The Kier molecular flexibility index (Phi) is 14.9. The fourth-order valence-electron chi connectivity index (χ4n) is 5.95. The Morgan fingerprint density at radius 1 is 0.673 bits per heavy atom. The van der Waals surface area contributed by atoms with Gasteiger partial charge in [-0.15, -0.1) is 0 Å². The summed E-state index contributed by atoms with van der Waals surface area (Å²) in [6.07, 6.45) is -12.3. The van der Waals surface area contributed by atoms with Gasteiger partial charge in [0.1, 0.15) is 18.0 Å². The lowest BCUT2D eigenvalue weighted by Crippen LogP contribution is -2.66. The van der Waals surface area contributed by atoms with Crippen LogP contribution in [-0.2, 0) is 73.0 Å². The number of hydrogen-bond donors (Lipinski definition) is 4. The molecule has 300 valence electrons. The number of esters is 5. The molecule has 2 saturated heterocycles. The minimum Gasteiger partial charge on any atom is -0.508 e. The van der Waals surface area contributed by atoms with Gasteiger partial charge in [-0.2, -0.15) is 0 Å². The molecular formula is C37H44O18. The molecule has 10 atom stereocenters. The van der Waals surface area contributed by atoms with E-state index < -0.39 is 97.9 Å². The molecule has 4 rings (SSSR count). The summed E-state index contributed by atoms with van der Waals surface area (Å²) in [6.45, 7) is 4.86. The van der Waals surface area contributed by atoms with E-state index in [1.165, 1.54) is 55.5 Å². The molecule has 0 saturated carbocycles. The number of aromatic hydroxyl groups is 3. The summed E-state index contributed by atoms with van der Waals surface area (Å²) in [6, 6.07) is 9.99. The van der Waals surface area contributed by atoms with Crippen molar-refractivity contribution in [3.05, 3.63) is 59.7 Å². The molecule has 18 heteroatoms. The van der Waals surface area contributed by atoms with Crippen LogP contribution in [0.2, 0.25) is 0 Å². The molecule has 0 amide bonds. The molecule has 0 radical (unpaired) electrons. The molecule has 0 spiro atoms. The highest BCUT2D eigenvalue weighted by Crippen LogP contribution is 2.35. The first kappa shape index (κ1) is 42.5. The monoisotopic (exact) mass is 776 g/mol. The Labute approximate surface area is 315 Å². The van der Waals surface area contributed by atoms with Gasteiger partial charge in [0, 0.05) is 33.8 Å². The van der Waals surface area contributed by atoms with Crippen LogP contribution in [0.4, 0.5) is 0 Å². The zero-order valence-corrected chi connectivity index (χ0v) is 30.6. The normalized spacial score (nSPS) is 27.8. The lowest BCUT2D eigenvalue weighted by molar-refractivity contribution is -0.358. The van der Waals surface area contributed by atoms with Gasteiger partial charge < -0.3 is 63.1 Å². The number of aliphatic hydroxyl groups is 1. The zero-order valence-electron chi connectivity index (χ0n) is 30.6. The molecule has 4 N–H and O–H groups in total. The van der Waals surface area contributed by atoms with E-state index in [9.17, 15) is 44.4 Å². The number of carbonyl (C=O) groups is 5. The van der Waals surface area contributed by atoms with E-state index in [0.29, 0.717) is 11.1 Å². The van der Waals surface area contributed by atoms with E-state index in [0.717, 1.165) is 33.8 Å². The fraction of sp³-hybridized carbons (Fsp3) is 0.486. The van der Waals surface area contributed by atoms with Crippen molar-refractivity contribution in [3.63, 3.8) is 0 Å². The van der Waals surface area contributed by atoms with Crippen LogP contribution in [0.3, 0.4) is 0 Å². The Hall–Kier alpha value is -5.27. The highest BCUT2D eigenvalue weighted by atomic mass is 16.8. The number of phenolic OH excluding ortho intramolecular Hbond substituents is 3. The minimum absolute atomic E-state index is 0.000726.